The molecule has 3 N–H and O–H groups in total. The molecule has 0 saturated carbocycles. The Hall–Kier alpha value is -1.62. The third kappa shape index (κ3) is 2.39. The Balaban J connectivity index is 2.26. The molecule has 1 saturated heterocycles. The Morgan fingerprint density at radius 2 is 2.06 bits per heavy atom. The predicted octanol–water partition coefficient (Wildman–Crippen LogP) is 1.07. The second-order valence-electron chi connectivity index (χ2n) is 4.20. The lowest BCUT2D eigenvalue weighted by molar-refractivity contribution is 0.354. The molecule has 1 aliphatic rings. The summed E-state index contributed by atoms with van der Waals surface area (Å²) in [5.74, 6) is -0.358. The third-order valence-corrected chi connectivity index (χ3v) is 2.97. The van der Waals surface area contributed by atoms with Crippen molar-refractivity contribution >= 4 is 5.84 Å². The zero-order valence-electron chi connectivity index (χ0n) is 9.76. The van der Waals surface area contributed by atoms with Gasteiger partial charge in [0.05, 0.1) is 5.56 Å². The van der Waals surface area contributed by atoms with Gasteiger partial charge in [-0.2, -0.15) is 0 Å². The highest BCUT2D eigenvalue weighted by Gasteiger charge is 2.18. The molecule has 1 aliphatic heterocycles. The van der Waals surface area contributed by atoms with E-state index in [0.29, 0.717) is 11.1 Å². The molecule has 0 amide bonds. The molecule has 1 fully saturated rings. The van der Waals surface area contributed by atoms with Crippen molar-refractivity contribution in [2.24, 2.45) is 0 Å². The van der Waals surface area contributed by atoms with Gasteiger partial charge in [0.25, 0.3) is 0 Å². The smallest absolute Gasteiger partial charge is 0.131 e. The van der Waals surface area contributed by atoms with Crippen LogP contribution in [0, 0.1) is 18.2 Å². The molecule has 1 aromatic rings. The lowest BCUT2D eigenvalue weighted by Gasteiger charge is -2.30. The van der Waals surface area contributed by atoms with Gasteiger partial charge in [0.1, 0.15) is 17.4 Å². The summed E-state index contributed by atoms with van der Waals surface area (Å²) in [5, 5.41) is 20.9. The Bertz CT molecular complexity index is 442. The minimum atomic E-state index is -0.445. The highest BCUT2D eigenvalue weighted by molar-refractivity contribution is 5.99. The van der Waals surface area contributed by atoms with Gasteiger partial charge in [0.2, 0.25) is 0 Å². The summed E-state index contributed by atoms with van der Waals surface area (Å²) in [6.45, 7) is 4.74. The zero-order valence-corrected chi connectivity index (χ0v) is 9.76. The molecular weight excluding hydrogens is 221 g/mol. The largest absolute Gasteiger partial charge is 0.507 e. The molecule has 0 unspecified atom stereocenters. The summed E-state index contributed by atoms with van der Waals surface area (Å²) in [5.41, 5.74) is 0.837. The maximum atomic E-state index is 13.2. The van der Waals surface area contributed by atoms with Gasteiger partial charge in [0.15, 0.2) is 0 Å². The number of halogens is 1. The average molecular weight is 237 g/mol. The van der Waals surface area contributed by atoms with Gasteiger partial charge in [-0.3, -0.25) is 5.41 Å². The predicted molar refractivity (Wildman–Crippen MR) is 64.1 cm³/mol. The molecule has 1 heterocycles. The van der Waals surface area contributed by atoms with E-state index in [1.165, 1.54) is 6.07 Å². The van der Waals surface area contributed by atoms with Gasteiger partial charge in [-0.05, 0) is 18.6 Å². The third-order valence-electron chi connectivity index (χ3n) is 2.97. The highest BCUT2D eigenvalue weighted by Crippen LogP contribution is 2.22. The molecule has 0 atom stereocenters. The van der Waals surface area contributed by atoms with Crippen LogP contribution in [0.15, 0.2) is 12.1 Å². The molecule has 17 heavy (non-hydrogen) atoms. The first kappa shape index (κ1) is 11.9. The van der Waals surface area contributed by atoms with Crippen LogP contribution in [0.2, 0.25) is 0 Å². The molecule has 0 aromatic heterocycles. The van der Waals surface area contributed by atoms with Crippen LogP contribution in [-0.2, 0) is 0 Å². The van der Waals surface area contributed by atoms with Gasteiger partial charge in [-0.15, -0.1) is 0 Å². The molecule has 0 radical (unpaired) electrons. The van der Waals surface area contributed by atoms with Crippen LogP contribution >= 0.6 is 0 Å². The maximum Gasteiger partial charge on any atom is 0.131 e. The minimum Gasteiger partial charge on any atom is -0.507 e. The summed E-state index contributed by atoms with van der Waals surface area (Å²) in [4.78, 5) is 1.88. The molecule has 1 aromatic carbocycles. The number of hydrogen-bond acceptors (Lipinski definition) is 3. The number of phenolic OH excluding ortho intramolecular Hbond substituents is 1. The monoisotopic (exact) mass is 237 g/mol. The fourth-order valence-corrected chi connectivity index (χ4v) is 1.92. The van der Waals surface area contributed by atoms with Crippen molar-refractivity contribution in [1.82, 2.24) is 10.2 Å². The zero-order chi connectivity index (χ0) is 12.4. The maximum absolute atomic E-state index is 13.2. The molecule has 0 spiro atoms. The van der Waals surface area contributed by atoms with E-state index >= 15 is 0 Å². The van der Waals surface area contributed by atoms with Crippen molar-refractivity contribution < 1.29 is 9.50 Å². The van der Waals surface area contributed by atoms with Gasteiger partial charge < -0.3 is 15.3 Å². The van der Waals surface area contributed by atoms with Gasteiger partial charge in [0, 0.05) is 32.2 Å². The molecule has 0 aliphatic carbocycles. The lowest BCUT2D eigenvalue weighted by Crippen LogP contribution is -2.46. The Morgan fingerprint density at radius 1 is 1.41 bits per heavy atom. The number of benzene rings is 1. The second-order valence-corrected chi connectivity index (χ2v) is 4.20. The Morgan fingerprint density at radius 3 is 2.71 bits per heavy atom. The van der Waals surface area contributed by atoms with Gasteiger partial charge in [-0.25, -0.2) is 4.39 Å². The van der Waals surface area contributed by atoms with Crippen LogP contribution in [0.1, 0.15) is 11.1 Å². The molecule has 92 valence electrons. The fourth-order valence-electron chi connectivity index (χ4n) is 1.92. The van der Waals surface area contributed by atoms with Crippen LogP contribution in [0.5, 0.6) is 5.75 Å². The first-order valence-electron chi connectivity index (χ1n) is 5.63. The van der Waals surface area contributed by atoms with Crippen molar-refractivity contribution in [2.45, 2.75) is 6.92 Å². The van der Waals surface area contributed by atoms with Crippen LogP contribution in [-0.4, -0.2) is 42.0 Å². The van der Waals surface area contributed by atoms with Crippen molar-refractivity contribution in [3.63, 3.8) is 0 Å². The Labute approximate surface area is 99.6 Å². The Kier molecular flexibility index (Phi) is 3.28. The van der Waals surface area contributed by atoms with E-state index in [9.17, 15) is 9.50 Å². The quantitative estimate of drug-likeness (QED) is 0.506. The first-order chi connectivity index (χ1) is 8.09. The molecule has 0 bridgehead atoms. The number of nitrogens with zero attached hydrogens (tertiary/aromatic N) is 1. The van der Waals surface area contributed by atoms with Crippen molar-refractivity contribution in [3.8, 4) is 5.75 Å². The topological polar surface area (TPSA) is 59.4 Å². The van der Waals surface area contributed by atoms with Gasteiger partial charge in [-0.1, -0.05) is 0 Å². The minimum absolute atomic E-state index is 0.170. The van der Waals surface area contributed by atoms with E-state index in [1.807, 2.05) is 4.90 Å². The van der Waals surface area contributed by atoms with Crippen LogP contribution in [0.4, 0.5) is 4.39 Å². The number of piperazine rings is 1. The van der Waals surface area contributed by atoms with E-state index in [4.69, 9.17) is 5.41 Å². The number of hydrogen-bond donors (Lipinski definition) is 3. The number of nitrogens with one attached hydrogen (secondary N) is 2. The van der Waals surface area contributed by atoms with Crippen molar-refractivity contribution in [1.29, 1.82) is 5.41 Å². The van der Waals surface area contributed by atoms with E-state index < -0.39 is 5.82 Å². The summed E-state index contributed by atoms with van der Waals surface area (Å²) < 4.78 is 13.2. The summed E-state index contributed by atoms with van der Waals surface area (Å²) in [6, 6.07) is 2.59. The lowest BCUT2D eigenvalue weighted by atomic mass is 10.1. The van der Waals surface area contributed by atoms with E-state index in [2.05, 4.69) is 5.32 Å². The normalized spacial score (nSPS) is 16.0. The fraction of sp³-hybridized carbons (Fsp3) is 0.417. The number of rotatable bonds is 1. The van der Waals surface area contributed by atoms with E-state index in [0.717, 1.165) is 32.2 Å². The van der Waals surface area contributed by atoms with Crippen LogP contribution < -0.4 is 5.32 Å². The summed E-state index contributed by atoms with van der Waals surface area (Å²) in [6.07, 6.45) is 0. The van der Waals surface area contributed by atoms with Gasteiger partial charge >= 0.3 is 0 Å². The van der Waals surface area contributed by atoms with Crippen LogP contribution in [0.25, 0.3) is 0 Å². The molecule has 5 heteroatoms. The SMILES string of the molecule is Cc1cc(C(=N)N2CCNCC2)c(O)cc1F. The number of phenols is 1. The van der Waals surface area contributed by atoms with Crippen molar-refractivity contribution in [2.75, 3.05) is 26.2 Å². The molecule has 2 rings (SSSR count). The standard InChI is InChI=1S/C12H16FN3O/c1-8-6-9(11(17)7-10(8)13)12(14)16-4-2-15-3-5-16/h6-7,14-15,17H,2-5H2,1H3. The molecular formula is C12H16FN3O. The number of aromatic hydroxyl groups is 1. The molecule has 4 nitrogen and oxygen atoms in total. The van der Waals surface area contributed by atoms with Crippen LogP contribution in [0.3, 0.4) is 0 Å². The first-order valence-corrected chi connectivity index (χ1v) is 5.63. The summed E-state index contributed by atoms with van der Waals surface area (Å²) in [7, 11) is 0. The summed E-state index contributed by atoms with van der Waals surface area (Å²) >= 11 is 0. The van der Waals surface area contributed by atoms with E-state index in [1.54, 1.807) is 6.92 Å². The van der Waals surface area contributed by atoms with E-state index in [-0.39, 0.29) is 11.6 Å². The second kappa shape index (κ2) is 4.71. The van der Waals surface area contributed by atoms with Crippen molar-refractivity contribution in [3.05, 3.63) is 29.1 Å². The highest BCUT2D eigenvalue weighted by atomic mass is 19.1. The average Bonchev–Trinajstić information content (AvgIpc) is 2.34. The number of amidine groups is 1. The number of aryl methyl sites for hydroxylation is 1.